The Labute approximate surface area is 280 Å². The number of anilines is 1. The first-order chi connectivity index (χ1) is 23.2. The van der Waals surface area contributed by atoms with E-state index in [2.05, 4.69) is 5.32 Å². The first-order valence-corrected chi connectivity index (χ1v) is 15.8. The van der Waals surface area contributed by atoms with Crippen LogP contribution in [0.25, 0.3) is 21.9 Å². The number of hydrogen-bond donors (Lipinski definition) is 2. The van der Waals surface area contributed by atoms with Gasteiger partial charge in [-0.15, -0.1) is 0 Å². The molecule has 1 unspecified atom stereocenters. The first kappa shape index (κ1) is 35.4. The fourth-order valence-corrected chi connectivity index (χ4v) is 6.57. The third kappa shape index (κ3) is 7.13. The Morgan fingerprint density at radius 3 is 2.27 bits per heavy atom. The van der Waals surface area contributed by atoms with Crippen molar-refractivity contribution in [3.8, 4) is 22.6 Å². The largest absolute Gasteiger partial charge is 0.496 e. The molecule has 7 nitrogen and oxygen atoms in total. The minimum atomic E-state index is -3.47. The highest BCUT2D eigenvalue weighted by Crippen LogP contribution is 2.43. The maximum atomic E-state index is 15.6. The predicted octanol–water partition coefficient (Wildman–Crippen LogP) is 8.05. The summed E-state index contributed by atoms with van der Waals surface area (Å²) in [7, 11) is 3.09. The van der Waals surface area contributed by atoms with Crippen LogP contribution in [0.3, 0.4) is 0 Å². The minimum absolute atomic E-state index is 0.0353. The van der Waals surface area contributed by atoms with Gasteiger partial charge in [-0.1, -0.05) is 49.4 Å². The number of halogens is 5. The zero-order valence-electron chi connectivity index (χ0n) is 27.5. The topological polar surface area (TPSA) is 88.1 Å². The number of hydrogen-bond acceptors (Lipinski definition) is 5. The second-order valence-electron chi connectivity index (χ2n) is 12.2. The number of aryl methyl sites for hydroxylation is 1. The van der Waals surface area contributed by atoms with Crippen molar-refractivity contribution in [3.05, 3.63) is 89.2 Å². The number of carboxylic acid groups (broad SMARTS) is 1. The molecule has 0 radical (unpaired) electrons. The van der Waals surface area contributed by atoms with Crippen molar-refractivity contribution in [1.29, 1.82) is 0 Å². The van der Waals surface area contributed by atoms with Crippen LogP contribution in [0.4, 0.5) is 27.6 Å². The number of benzene rings is 4. The van der Waals surface area contributed by atoms with Gasteiger partial charge in [0, 0.05) is 37.9 Å². The number of fused-ring (bicyclic) bond motifs is 1. The van der Waals surface area contributed by atoms with Crippen LogP contribution in [0.15, 0.2) is 66.7 Å². The summed E-state index contributed by atoms with van der Waals surface area (Å²) < 4.78 is 84.8. The molecule has 12 heteroatoms. The quantitative estimate of drug-likeness (QED) is 0.156. The fraction of sp³-hybridized carbons (Fsp3) is 0.351. The summed E-state index contributed by atoms with van der Waals surface area (Å²) in [4.78, 5) is 26.9. The van der Waals surface area contributed by atoms with E-state index in [4.69, 9.17) is 9.47 Å². The van der Waals surface area contributed by atoms with E-state index in [1.54, 1.807) is 44.6 Å². The Morgan fingerprint density at radius 2 is 1.65 bits per heavy atom. The lowest BCUT2D eigenvalue weighted by atomic mass is 9.91. The lowest BCUT2D eigenvalue weighted by Gasteiger charge is -2.44. The second-order valence-corrected chi connectivity index (χ2v) is 12.2. The molecular formula is C37H37F5N2O5. The number of nitrogens with one attached hydrogen (secondary N) is 1. The molecule has 5 rings (SSSR count). The molecule has 1 saturated heterocycles. The molecule has 0 spiro atoms. The number of alkyl halides is 4. The van der Waals surface area contributed by atoms with E-state index in [1.807, 2.05) is 24.3 Å². The Balaban J connectivity index is 1.44. The predicted molar refractivity (Wildman–Crippen MR) is 177 cm³/mol. The number of carboxylic acids is 1. The summed E-state index contributed by atoms with van der Waals surface area (Å²) in [5.74, 6) is -9.09. The van der Waals surface area contributed by atoms with Crippen LogP contribution in [-0.4, -0.2) is 61.7 Å². The van der Waals surface area contributed by atoms with E-state index < -0.39 is 73.0 Å². The minimum Gasteiger partial charge on any atom is -0.496 e. The third-order valence-corrected chi connectivity index (χ3v) is 9.11. The first-order valence-electron chi connectivity index (χ1n) is 15.8. The van der Waals surface area contributed by atoms with Gasteiger partial charge in [0.25, 0.3) is 17.8 Å². The van der Waals surface area contributed by atoms with Gasteiger partial charge in [-0.3, -0.25) is 4.79 Å². The average molecular weight is 685 g/mol. The summed E-state index contributed by atoms with van der Waals surface area (Å²) in [6.07, 6.45) is -2.62. The zero-order valence-corrected chi connectivity index (χ0v) is 27.5. The number of carbonyl (C=O) groups excluding carboxylic acids is 1. The molecule has 4 aromatic carbocycles. The molecule has 1 aliphatic rings. The number of piperidine rings is 1. The van der Waals surface area contributed by atoms with Crippen molar-refractivity contribution in [3.63, 3.8) is 0 Å². The molecule has 1 aliphatic heterocycles. The van der Waals surface area contributed by atoms with Gasteiger partial charge in [0.1, 0.15) is 23.4 Å². The van der Waals surface area contributed by atoms with Crippen LogP contribution < -0.4 is 19.7 Å². The molecule has 49 heavy (non-hydrogen) atoms. The van der Waals surface area contributed by atoms with E-state index in [0.29, 0.717) is 28.0 Å². The summed E-state index contributed by atoms with van der Waals surface area (Å²) in [6, 6.07) is 15.1. The number of methoxy groups -OCH3 is 2. The number of nitrogens with zero attached hydrogens (tertiary/aromatic N) is 1. The Kier molecular flexibility index (Phi) is 10.1. The van der Waals surface area contributed by atoms with Crippen LogP contribution in [0.1, 0.15) is 47.7 Å². The Hall–Kier alpha value is -4.87. The smallest absolute Gasteiger partial charge is 0.326 e. The standard InChI is InChI=1S/C37H37F5N2O5/c1-5-37(41,42)31-20-36(39,40)15-16-44(31)23-17-21(2)32(27(38)19-23)34(45)43-28(35(46)47)18-22-9-6-11-25-24(22)10-7-12-26(25)33-29(48-3)13-8-14-30(33)49-4/h6-14,17,19,28,31H,5,15-16,18,20H2,1-4H3,(H,43,45)(H,46,47)/t28-,31?/m0/s1. The SMILES string of the molecule is CCC(F)(F)C1CC(F)(F)CCN1c1cc(C)c(C(=O)N[C@@H](Cc2cccc3c(-c4c(OC)cccc4OC)cccc23)C(=O)O)c(F)c1. The Morgan fingerprint density at radius 1 is 1.02 bits per heavy atom. The summed E-state index contributed by atoms with van der Waals surface area (Å²) in [6.45, 7) is 2.13. The third-order valence-electron chi connectivity index (χ3n) is 9.11. The van der Waals surface area contributed by atoms with Crippen molar-refractivity contribution >= 4 is 28.3 Å². The zero-order chi connectivity index (χ0) is 35.7. The lowest BCUT2D eigenvalue weighted by molar-refractivity contribution is -0.139. The van der Waals surface area contributed by atoms with E-state index in [0.717, 1.165) is 21.9 Å². The highest BCUT2D eigenvalue weighted by Gasteiger charge is 2.51. The number of ether oxygens (including phenoxy) is 2. The number of aliphatic carboxylic acids is 1. The maximum Gasteiger partial charge on any atom is 0.326 e. The highest BCUT2D eigenvalue weighted by atomic mass is 19.3. The number of amides is 1. The van der Waals surface area contributed by atoms with Gasteiger partial charge in [0.15, 0.2) is 0 Å². The van der Waals surface area contributed by atoms with Crippen LogP contribution >= 0.6 is 0 Å². The monoisotopic (exact) mass is 684 g/mol. The van der Waals surface area contributed by atoms with Crippen molar-refractivity contribution in [2.45, 2.75) is 63.5 Å². The summed E-state index contributed by atoms with van der Waals surface area (Å²) in [5.41, 5.74) is 1.58. The van der Waals surface area contributed by atoms with Gasteiger partial charge in [-0.05, 0) is 58.7 Å². The van der Waals surface area contributed by atoms with E-state index in [-0.39, 0.29) is 17.7 Å². The van der Waals surface area contributed by atoms with Crippen molar-refractivity contribution in [2.75, 3.05) is 25.7 Å². The molecule has 0 aliphatic carbocycles. The number of carbonyl (C=O) groups is 2. The van der Waals surface area contributed by atoms with Gasteiger partial charge >= 0.3 is 5.97 Å². The van der Waals surface area contributed by atoms with Crippen molar-refractivity contribution in [1.82, 2.24) is 5.32 Å². The van der Waals surface area contributed by atoms with E-state index in [1.165, 1.54) is 19.9 Å². The van der Waals surface area contributed by atoms with Crippen molar-refractivity contribution < 1.29 is 46.1 Å². The van der Waals surface area contributed by atoms with Gasteiger partial charge in [0.05, 0.1) is 31.4 Å². The molecule has 2 N–H and O–H groups in total. The van der Waals surface area contributed by atoms with Crippen molar-refractivity contribution in [2.24, 2.45) is 0 Å². The van der Waals surface area contributed by atoms with E-state index in [9.17, 15) is 32.3 Å². The Bertz CT molecular complexity index is 1840. The molecule has 0 aromatic heterocycles. The van der Waals surface area contributed by atoms with Gasteiger partial charge < -0.3 is 24.8 Å². The van der Waals surface area contributed by atoms with Gasteiger partial charge in [-0.2, -0.15) is 0 Å². The molecule has 260 valence electrons. The summed E-state index contributed by atoms with van der Waals surface area (Å²) >= 11 is 0. The average Bonchev–Trinajstić information content (AvgIpc) is 3.06. The second kappa shape index (κ2) is 13.9. The van der Waals surface area contributed by atoms with Crippen LogP contribution in [-0.2, 0) is 11.2 Å². The van der Waals surface area contributed by atoms with Crippen LogP contribution in [0, 0.1) is 12.7 Å². The van der Waals surface area contributed by atoms with Crippen LogP contribution in [0.2, 0.25) is 0 Å². The lowest BCUT2D eigenvalue weighted by Crippen LogP contribution is -2.55. The fourth-order valence-electron chi connectivity index (χ4n) is 6.57. The molecule has 2 atom stereocenters. The summed E-state index contributed by atoms with van der Waals surface area (Å²) in [5, 5.41) is 14.0. The number of rotatable bonds is 11. The van der Waals surface area contributed by atoms with Gasteiger partial charge in [0.2, 0.25) is 0 Å². The highest BCUT2D eigenvalue weighted by molar-refractivity contribution is 6.02. The van der Waals surface area contributed by atoms with E-state index >= 15 is 4.39 Å². The normalized spacial score (nSPS) is 16.7. The van der Waals surface area contributed by atoms with Crippen LogP contribution in [0.5, 0.6) is 11.5 Å². The molecule has 1 heterocycles. The molecular weight excluding hydrogens is 647 g/mol. The molecule has 4 aromatic rings. The maximum absolute atomic E-state index is 15.6. The molecule has 0 saturated carbocycles. The van der Waals surface area contributed by atoms with Gasteiger partial charge in [-0.25, -0.2) is 26.7 Å². The molecule has 1 amide bonds. The molecule has 0 bridgehead atoms. The molecule has 1 fully saturated rings.